The summed E-state index contributed by atoms with van der Waals surface area (Å²) in [7, 11) is 1.84. The van der Waals surface area contributed by atoms with Gasteiger partial charge in [-0.25, -0.2) is 10.8 Å². The maximum atomic E-state index is 5.41. The molecule has 0 unspecified atom stereocenters. The Morgan fingerprint density at radius 3 is 3.00 bits per heavy atom. The summed E-state index contributed by atoms with van der Waals surface area (Å²) in [5.74, 6) is 5.27. The molecule has 0 atom stereocenters. The molecule has 0 spiro atoms. The van der Waals surface area contributed by atoms with Gasteiger partial charge in [0.2, 0.25) is 5.96 Å². The van der Waals surface area contributed by atoms with Crippen LogP contribution in [0.3, 0.4) is 0 Å². The molecule has 1 aromatic rings. The van der Waals surface area contributed by atoms with Crippen LogP contribution in [0, 0.1) is 0 Å². The Labute approximate surface area is 76.6 Å². The molecule has 0 aliphatic carbocycles. The van der Waals surface area contributed by atoms with E-state index in [4.69, 9.17) is 11.6 Å². The molecular formula is C7H14N6. The highest BCUT2D eigenvalue weighted by atomic mass is 15.3. The number of aryl methyl sites for hydroxylation is 2. The Kier molecular flexibility index (Phi) is 2.86. The largest absolute Gasteiger partial charge is 0.369 e. The molecule has 5 N–H and O–H groups in total. The van der Waals surface area contributed by atoms with E-state index in [-0.39, 0.29) is 5.96 Å². The third-order valence-electron chi connectivity index (χ3n) is 1.61. The van der Waals surface area contributed by atoms with Crippen LogP contribution in [0.2, 0.25) is 0 Å². The highest BCUT2D eigenvalue weighted by Gasteiger charge is 2.04. The SMILES string of the molecule is CCc1nn(C)cc1N=C(N)NN. The third-order valence-corrected chi connectivity index (χ3v) is 1.61. The van der Waals surface area contributed by atoms with Crippen LogP contribution in [-0.4, -0.2) is 15.7 Å². The normalized spacial score (nSPS) is 11.8. The number of rotatable bonds is 2. The van der Waals surface area contributed by atoms with Crippen LogP contribution < -0.4 is 17.0 Å². The van der Waals surface area contributed by atoms with E-state index in [2.05, 4.69) is 15.5 Å². The first-order chi connectivity index (χ1) is 6.17. The zero-order valence-corrected chi connectivity index (χ0v) is 7.78. The number of nitrogens with two attached hydrogens (primary N) is 2. The number of hydrazine groups is 1. The van der Waals surface area contributed by atoms with Crippen LogP contribution in [0.4, 0.5) is 5.69 Å². The molecule has 0 saturated heterocycles. The molecule has 0 bridgehead atoms. The van der Waals surface area contributed by atoms with E-state index in [9.17, 15) is 0 Å². The second-order valence-corrected chi connectivity index (χ2v) is 2.63. The summed E-state index contributed by atoms with van der Waals surface area (Å²) in [5, 5.41) is 4.20. The number of hydrogen-bond acceptors (Lipinski definition) is 3. The Morgan fingerprint density at radius 1 is 1.77 bits per heavy atom. The van der Waals surface area contributed by atoms with Crippen molar-refractivity contribution in [3.63, 3.8) is 0 Å². The molecule has 0 fully saturated rings. The van der Waals surface area contributed by atoms with Gasteiger partial charge in [-0.3, -0.25) is 10.1 Å². The highest BCUT2D eigenvalue weighted by molar-refractivity contribution is 5.80. The predicted octanol–water partition coefficient (Wildman–Crippen LogP) is -0.608. The monoisotopic (exact) mass is 182 g/mol. The van der Waals surface area contributed by atoms with Crippen LogP contribution in [0.1, 0.15) is 12.6 Å². The van der Waals surface area contributed by atoms with E-state index in [1.165, 1.54) is 0 Å². The van der Waals surface area contributed by atoms with Crippen molar-refractivity contribution in [3.05, 3.63) is 11.9 Å². The molecule has 0 amide bonds. The van der Waals surface area contributed by atoms with Crippen molar-refractivity contribution >= 4 is 11.6 Å². The molecule has 6 heteroatoms. The maximum Gasteiger partial charge on any atom is 0.208 e. The second-order valence-electron chi connectivity index (χ2n) is 2.63. The standard InChI is InChI=1S/C7H14N6/c1-3-5-6(4-13(2)12-5)10-7(8)11-9/h4H,3,9H2,1-2H3,(H3,8,10,11). The fourth-order valence-electron chi connectivity index (χ4n) is 1.03. The predicted molar refractivity (Wildman–Crippen MR) is 51.2 cm³/mol. The molecule has 0 aliphatic rings. The molecule has 1 rings (SSSR count). The summed E-state index contributed by atoms with van der Waals surface area (Å²) in [6.45, 7) is 2.01. The van der Waals surface area contributed by atoms with Gasteiger partial charge in [-0.15, -0.1) is 0 Å². The van der Waals surface area contributed by atoms with Gasteiger partial charge in [0.05, 0.1) is 11.9 Å². The van der Waals surface area contributed by atoms with Crippen molar-refractivity contribution in [2.24, 2.45) is 23.6 Å². The Balaban J connectivity index is 2.99. The number of aromatic nitrogens is 2. The van der Waals surface area contributed by atoms with Crippen LogP contribution in [0.15, 0.2) is 11.2 Å². The first-order valence-corrected chi connectivity index (χ1v) is 4.00. The lowest BCUT2D eigenvalue weighted by Gasteiger charge is -1.96. The van der Waals surface area contributed by atoms with Gasteiger partial charge in [-0.1, -0.05) is 6.92 Å². The summed E-state index contributed by atoms with van der Waals surface area (Å²) in [6.07, 6.45) is 2.61. The van der Waals surface area contributed by atoms with E-state index < -0.39 is 0 Å². The average Bonchev–Trinajstić information content (AvgIpc) is 2.46. The third kappa shape index (κ3) is 2.19. The van der Waals surface area contributed by atoms with Crippen LogP contribution in [0.5, 0.6) is 0 Å². The molecule has 72 valence electrons. The molecule has 0 radical (unpaired) electrons. The number of aliphatic imine (C=N–C) groups is 1. The number of hydrogen-bond donors (Lipinski definition) is 3. The van der Waals surface area contributed by atoms with Gasteiger partial charge in [0, 0.05) is 7.05 Å². The van der Waals surface area contributed by atoms with E-state index in [1.807, 2.05) is 14.0 Å². The quantitative estimate of drug-likeness (QED) is 0.246. The Morgan fingerprint density at radius 2 is 2.46 bits per heavy atom. The summed E-state index contributed by atoms with van der Waals surface area (Å²) in [5.41, 5.74) is 9.33. The van der Waals surface area contributed by atoms with Gasteiger partial charge >= 0.3 is 0 Å². The fraction of sp³-hybridized carbons (Fsp3) is 0.429. The van der Waals surface area contributed by atoms with Crippen LogP contribution in [0.25, 0.3) is 0 Å². The maximum absolute atomic E-state index is 5.41. The molecule has 1 aromatic heterocycles. The summed E-state index contributed by atoms with van der Waals surface area (Å²) >= 11 is 0. The molecule has 0 saturated carbocycles. The first kappa shape index (κ1) is 9.53. The molecule has 0 aromatic carbocycles. The van der Waals surface area contributed by atoms with Crippen LogP contribution >= 0.6 is 0 Å². The lowest BCUT2D eigenvalue weighted by molar-refractivity contribution is 0.746. The molecular weight excluding hydrogens is 168 g/mol. The van der Waals surface area contributed by atoms with Gasteiger partial charge in [-0.05, 0) is 6.42 Å². The van der Waals surface area contributed by atoms with Gasteiger partial charge in [-0.2, -0.15) is 5.10 Å². The van der Waals surface area contributed by atoms with E-state index >= 15 is 0 Å². The van der Waals surface area contributed by atoms with Crippen molar-refractivity contribution in [3.8, 4) is 0 Å². The van der Waals surface area contributed by atoms with Crippen molar-refractivity contribution in [1.29, 1.82) is 0 Å². The number of guanidine groups is 1. The van der Waals surface area contributed by atoms with Crippen LogP contribution in [-0.2, 0) is 13.5 Å². The summed E-state index contributed by atoms with van der Waals surface area (Å²) in [6, 6.07) is 0. The lowest BCUT2D eigenvalue weighted by atomic mass is 10.3. The molecule has 13 heavy (non-hydrogen) atoms. The summed E-state index contributed by atoms with van der Waals surface area (Å²) in [4.78, 5) is 4.04. The van der Waals surface area contributed by atoms with Crippen molar-refractivity contribution in [2.45, 2.75) is 13.3 Å². The zero-order chi connectivity index (χ0) is 9.84. The minimum absolute atomic E-state index is 0.183. The fourth-order valence-corrected chi connectivity index (χ4v) is 1.03. The second kappa shape index (κ2) is 3.90. The van der Waals surface area contributed by atoms with E-state index in [0.717, 1.165) is 17.8 Å². The minimum atomic E-state index is 0.183. The zero-order valence-electron chi connectivity index (χ0n) is 7.78. The van der Waals surface area contributed by atoms with Gasteiger partial charge in [0.1, 0.15) is 5.69 Å². The molecule has 0 aliphatic heterocycles. The minimum Gasteiger partial charge on any atom is -0.369 e. The molecule has 1 heterocycles. The van der Waals surface area contributed by atoms with E-state index in [1.54, 1.807) is 10.9 Å². The molecule has 6 nitrogen and oxygen atoms in total. The highest BCUT2D eigenvalue weighted by Crippen LogP contribution is 2.16. The number of nitrogens with zero attached hydrogens (tertiary/aromatic N) is 3. The Bertz CT molecular complexity index is 313. The Hall–Kier alpha value is -1.56. The van der Waals surface area contributed by atoms with Gasteiger partial charge in [0.15, 0.2) is 0 Å². The van der Waals surface area contributed by atoms with Crippen molar-refractivity contribution in [1.82, 2.24) is 15.2 Å². The topological polar surface area (TPSA) is 94.2 Å². The van der Waals surface area contributed by atoms with E-state index in [0.29, 0.717) is 0 Å². The van der Waals surface area contributed by atoms with Gasteiger partial charge in [0.25, 0.3) is 0 Å². The van der Waals surface area contributed by atoms with Crippen molar-refractivity contribution in [2.75, 3.05) is 0 Å². The smallest absolute Gasteiger partial charge is 0.208 e. The van der Waals surface area contributed by atoms with Crippen molar-refractivity contribution < 1.29 is 0 Å². The first-order valence-electron chi connectivity index (χ1n) is 4.00. The number of nitrogens with one attached hydrogen (secondary N) is 1. The van der Waals surface area contributed by atoms with Gasteiger partial charge < -0.3 is 5.73 Å². The lowest BCUT2D eigenvalue weighted by Crippen LogP contribution is -2.36. The average molecular weight is 182 g/mol. The summed E-state index contributed by atoms with van der Waals surface area (Å²) < 4.78 is 1.70.